The lowest BCUT2D eigenvalue weighted by Crippen LogP contribution is -2.09. The molecule has 1 atom stereocenters. The molecule has 0 spiro atoms. The second-order valence-corrected chi connectivity index (χ2v) is 3.18. The molecule has 1 aliphatic rings. The van der Waals surface area contributed by atoms with Crippen LogP contribution in [0.5, 0.6) is 0 Å². The Bertz CT molecular complexity index is 315. The molecular weight excluding hydrogens is 170 g/mol. The van der Waals surface area contributed by atoms with Crippen molar-refractivity contribution in [1.82, 2.24) is 15.3 Å². The molecule has 13 heavy (non-hydrogen) atoms. The molecule has 5 nitrogen and oxygen atoms in total. The van der Waals surface area contributed by atoms with Gasteiger partial charge in [-0.1, -0.05) is 0 Å². The van der Waals surface area contributed by atoms with Gasteiger partial charge in [0, 0.05) is 12.5 Å². The summed E-state index contributed by atoms with van der Waals surface area (Å²) in [6.07, 6.45) is 2.39. The summed E-state index contributed by atoms with van der Waals surface area (Å²) in [4.78, 5) is 17.4. The van der Waals surface area contributed by atoms with Crippen LogP contribution in [0.4, 0.5) is 0 Å². The van der Waals surface area contributed by atoms with E-state index in [1.165, 1.54) is 6.20 Å². The number of hydrogen-bond donors (Lipinski definition) is 3. The second-order valence-electron chi connectivity index (χ2n) is 3.18. The third kappa shape index (κ3) is 1.55. The zero-order valence-electron chi connectivity index (χ0n) is 7.08. The van der Waals surface area contributed by atoms with E-state index in [0.29, 0.717) is 5.92 Å². The lowest BCUT2D eigenvalue weighted by molar-refractivity contribution is 0.0691. The van der Waals surface area contributed by atoms with Crippen molar-refractivity contribution in [3.05, 3.63) is 17.7 Å². The molecular formula is C8H11N3O2. The third-order valence-electron chi connectivity index (χ3n) is 2.27. The number of imidazole rings is 1. The van der Waals surface area contributed by atoms with Gasteiger partial charge in [0.2, 0.25) is 0 Å². The average Bonchev–Trinajstić information content (AvgIpc) is 2.75. The summed E-state index contributed by atoms with van der Waals surface area (Å²) in [6, 6.07) is 0. The van der Waals surface area contributed by atoms with Crippen LogP contribution in [-0.2, 0) is 0 Å². The van der Waals surface area contributed by atoms with Crippen molar-refractivity contribution in [3.8, 4) is 0 Å². The molecule has 1 aromatic heterocycles. The maximum Gasteiger partial charge on any atom is 0.353 e. The minimum absolute atomic E-state index is 0.168. The molecule has 1 unspecified atom stereocenters. The van der Waals surface area contributed by atoms with Crippen molar-refractivity contribution in [2.75, 3.05) is 13.1 Å². The van der Waals surface area contributed by atoms with Crippen LogP contribution in [0.15, 0.2) is 6.20 Å². The van der Waals surface area contributed by atoms with Gasteiger partial charge in [-0.05, 0) is 13.0 Å². The highest BCUT2D eigenvalue weighted by Crippen LogP contribution is 2.18. The zero-order chi connectivity index (χ0) is 9.26. The van der Waals surface area contributed by atoms with Crippen LogP contribution in [0.25, 0.3) is 0 Å². The number of carboxylic acids is 1. The Morgan fingerprint density at radius 3 is 3.08 bits per heavy atom. The summed E-state index contributed by atoms with van der Waals surface area (Å²) in [5, 5.41) is 11.9. The molecule has 0 radical (unpaired) electrons. The van der Waals surface area contributed by atoms with E-state index in [1.54, 1.807) is 0 Å². The fourth-order valence-corrected chi connectivity index (χ4v) is 1.54. The maximum absolute atomic E-state index is 10.5. The van der Waals surface area contributed by atoms with Crippen LogP contribution in [-0.4, -0.2) is 34.1 Å². The van der Waals surface area contributed by atoms with E-state index in [9.17, 15) is 4.79 Å². The quantitative estimate of drug-likeness (QED) is 0.608. The van der Waals surface area contributed by atoms with Gasteiger partial charge in [0.05, 0.1) is 6.20 Å². The minimum atomic E-state index is -0.954. The Kier molecular flexibility index (Phi) is 2.02. The van der Waals surface area contributed by atoms with Crippen LogP contribution in [0, 0.1) is 0 Å². The van der Waals surface area contributed by atoms with E-state index in [2.05, 4.69) is 15.3 Å². The summed E-state index contributed by atoms with van der Waals surface area (Å²) in [6.45, 7) is 1.86. The molecule has 0 amide bonds. The number of aromatic amines is 1. The van der Waals surface area contributed by atoms with E-state index in [0.717, 1.165) is 25.3 Å². The largest absolute Gasteiger partial charge is 0.477 e. The highest BCUT2D eigenvalue weighted by molar-refractivity contribution is 5.85. The van der Waals surface area contributed by atoms with E-state index in [1.807, 2.05) is 0 Å². The Morgan fingerprint density at radius 1 is 1.69 bits per heavy atom. The van der Waals surface area contributed by atoms with E-state index >= 15 is 0 Å². The van der Waals surface area contributed by atoms with Gasteiger partial charge in [-0.25, -0.2) is 9.78 Å². The molecule has 1 saturated heterocycles. The Morgan fingerprint density at radius 2 is 2.54 bits per heavy atom. The Balaban J connectivity index is 2.16. The van der Waals surface area contributed by atoms with Gasteiger partial charge in [0.15, 0.2) is 0 Å². The molecule has 1 aromatic rings. The normalized spacial score (nSPS) is 22.0. The van der Waals surface area contributed by atoms with E-state index in [4.69, 9.17) is 5.11 Å². The first-order chi connectivity index (χ1) is 6.27. The number of nitrogens with zero attached hydrogens (tertiary/aromatic N) is 1. The third-order valence-corrected chi connectivity index (χ3v) is 2.27. The Labute approximate surface area is 75.2 Å². The number of hydrogen-bond acceptors (Lipinski definition) is 3. The lowest BCUT2D eigenvalue weighted by Gasteiger charge is -2.01. The summed E-state index contributed by atoms with van der Waals surface area (Å²) < 4.78 is 0. The highest BCUT2D eigenvalue weighted by atomic mass is 16.4. The molecule has 5 heteroatoms. The summed E-state index contributed by atoms with van der Waals surface area (Å²) in [5.41, 5.74) is 0.168. The van der Waals surface area contributed by atoms with Crippen molar-refractivity contribution < 1.29 is 9.90 Å². The van der Waals surface area contributed by atoms with Crippen molar-refractivity contribution in [2.45, 2.75) is 12.3 Å². The number of H-pyrrole nitrogens is 1. The van der Waals surface area contributed by atoms with E-state index < -0.39 is 5.97 Å². The van der Waals surface area contributed by atoms with Crippen molar-refractivity contribution in [2.24, 2.45) is 0 Å². The standard InChI is InChI=1S/C8H11N3O2/c12-8(13)6-4-10-7(11-6)5-1-2-9-3-5/h4-5,9H,1-3H2,(H,10,11)(H,12,13). The molecule has 3 N–H and O–H groups in total. The number of carboxylic acid groups (broad SMARTS) is 1. The topological polar surface area (TPSA) is 78.0 Å². The van der Waals surface area contributed by atoms with Gasteiger partial charge in [0.1, 0.15) is 11.5 Å². The molecule has 1 aliphatic heterocycles. The number of nitrogens with one attached hydrogen (secondary N) is 2. The van der Waals surface area contributed by atoms with Gasteiger partial charge < -0.3 is 15.4 Å². The number of aromatic carboxylic acids is 1. The van der Waals surface area contributed by atoms with Gasteiger partial charge >= 0.3 is 5.97 Å². The monoisotopic (exact) mass is 181 g/mol. The molecule has 0 saturated carbocycles. The van der Waals surface area contributed by atoms with Crippen molar-refractivity contribution in [3.63, 3.8) is 0 Å². The van der Waals surface area contributed by atoms with Gasteiger partial charge in [0.25, 0.3) is 0 Å². The first-order valence-electron chi connectivity index (χ1n) is 4.26. The van der Waals surface area contributed by atoms with Crippen LogP contribution in [0.1, 0.15) is 28.7 Å². The number of carbonyl (C=O) groups is 1. The number of rotatable bonds is 2. The molecule has 1 fully saturated rings. The summed E-state index contributed by atoms with van der Waals surface area (Å²) in [5.74, 6) is 0.167. The minimum Gasteiger partial charge on any atom is -0.477 e. The zero-order valence-corrected chi connectivity index (χ0v) is 7.08. The summed E-state index contributed by atoms with van der Waals surface area (Å²) in [7, 11) is 0. The predicted molar refractivity (Wildman–Crippen MR) is 45.8 cm³/mol. The molecule has 0 aliphatic carbocycles. The van der Waals surface area contributed by atoms with E-state index in [-0.39, 0.29) is 5.69 Å². The first-order valence-corrected chi connectivity index (χ1v) is 4.26. The second kappa shape index (κ2) is 3.18. The first kappa shape index (κ1) is 8.25. The Hall–Kier alpha value is -1.36. The van der Waals surface area contributed by atoms with Crippen molar-refractivity contribution >= 4 is 5.97 Å². The van der Waals surface area contributed by atoms with Crippen LogP contribution >= 0.6 is 0 Å². The smallest absolute Gasteiger partial charge is 0.353 e. The number of aromatic nitrogens is 2. The molecule has 2 heterocycles. The summed E-state index contributed by atoms with van der Waals surface area (Å²) >= 11 is 0. The van der Waals surface area contributed by atoms with Crippen LogP contribution in [0.2, 0.25) is 0 Å². The maximum atomic E-state index is 10.5. The fraction of sp³-hybridized carbons (Fsp3) is 0.500. The van der Waals surface area contributed by atoms with Gasteiger partial charge in [-0.3, -0.25) is 0 Å². The van der Waals surface area contributed by atoms with Crippen LogP contribution in [0.3, 0.4) is 0 Å². The average molecular weight is 181 g/mol. The fourth-order valence-electron chi connectivity index (χ4n) is 1.54. The van der Waals surface area contributed by atoms with Gasteiger partial charge in [-0.2, -0.15) is 0 Å². The molecule has 2 rings (SSSR count). The molecule has 0 bridgehead atoms. The van der Waals surface area contributed by atoms with Gasteiger partial charge in [-0.15, -0.1) is 0 Å². The van der Waals surface area contributed by atoms with Crippen molar-refractivity contribution in [1.29, 1.82) is 0 Å². The highest BCUT2D eigenvalue weighted by Gasteiger charge is 2.20. The SMILES string of the molecule is O=C(O)c1cnc(C2CCNC2)[nH]1. The van der Waals surface area contributed by atoms with Crippen LogP contribution < -0.4 is 5.32 Å². The molecule has 0 aromatic carbocycles. The lowest BCUT2D eigenvalue weighted by atomic mass is 10.1. The molecule has 70 valence electrons. The predicted octanol–water partition coefficient (Wildman–Crippen LogP) is 0.185.